The zero-order valence-electron chi connectivity index (χ0n) is 17.0. The van der Waals surface area contributed by atoms with Gasteiger partial charge in [0.1, 0.15) is 5.65 Å². The van der Waals surface area contributed by atoms with Gasteiger partial charge in [-0.15, -0.1) is 11.3 Å². The van der Waals surface area contributed by atoms with Gasteiger partial charge >= 0.3 is 6.18 Å². The summed E-state index contributed by atoms with van der Waals surface area (Å²) in [5.41, 5.74) is 2.86. The summed E-state index contributed by atoms with van der Waals surface area (Å²) in [6.45, 7) is 1.40. The zero-order valence-corrected chi connectivity index (χ0v) is 17.8. The van der Waals surface area contributed by atoms with Crippen molar-refractivity contribution >= 4 is 28.3 Å². The molecule has 4 heterocycles. The van der Waals surface area contributed by atoms with Crippen LogP contribution in [0.25, 0.3) is 11.0 Å². The Bertz CT molecular complexity index is 1120. The Hall–Kier alpha value is -2.42. The van der Waals surface area contributed by atoms with Gasteiger partial charge in [0.25, 0.3) is 0 Å². The first-order valence-electron chi connectivity index (χ1n) is 10.6. The number of carbonyl (C=O) groups is 1. The monoisotopic (exact) mass is 448 g/mol. The van der Waals surface area contributed by atoms with Crippen molar-refractivity contribution in [1.29, 1.82) is 0 Å². The van der Waals surface area contributed by atoms with E-state index < -0.39 is 11.2 Å². The average Bonchev–Trinajstić information content (AvgIpc) is 3.35. The second kappa shape index (κ2) is 7.93. The number of hydrogen-bond donors (Lipinski definition) is 0. The number of aromatic nitrogens is 3. The highest BCUT2D eigenvalue weighted by atomic mass is 32.1. The van der Waals surface area contributed by atoms with E-state index in [1.807, 2.05) is 21.6 Å². The van der Waals surface area contributed by atoms with Crippen LogP contribution in [0.4, 0.5) is 13.2 Å². The van der Waals surface area contributed by atoms with E-state index in [-0.39, 0.29) is 12.5 Å². The van der Waals surface area contributed by atoms with Gasteiger partial charge in [-0.1, -0.05) is 12.8 Å². The topological polar surface area (TPSA) is 51.0 Å². The highest BCUT2D eigenvalue weighted by Gasteiger charge is 2.35. The first-order valence-corrected chi connectivity index (χ1v) is 11.5. The molecule has 0 aromatic carbocycles. The predicted octanol–water partition coefficient (Wildman–Crippen LogP) is 5.02. The Morgan fingerprint density at radius 2 is 2.10 bits per heavy atom. The van der Waals surface area contributed by atoms with Gasteiger partial charge in [-0.05, 0) is 42.9 Å². The molecule has 0 saturated heterocycles. The molecule has 3 aromatic heterocycles. The Balaban J connectivity index is 1.41. The van der Waals surface area contributed by atoms with Gasteiger partial charge in [-0.2, -0.15) is 13.2 Å². The van der Waals surface area contributed by atoms with Gasteiger partial charge in [-0.25, -0.2) is 9.97 Å². The molecule has 0 bridgehead atoms. The van der Waals surface area contributed by atoms with E-state index >= 15 is 0 Å². The number of thiazole rings is 1. The highest BCUT2D eigenvalue weighted by Crippen LogP contribution is 2.36. The largest absolute Gasteiger partial charge is 0.443 e. The lowest BCUT2D eigenvalue weighted by Gasteiger charge is -2.28. The smallest absolute Gasteiger partial charge is 0.337 e. The summed E-state index contributed by atoms with van der Waals surface area (Å²) in [5, 5.41) is 0.173. The number of hydrogen-bond acceptors (Lipinski definition) is 4. The third kappa shape index (κ3) is 4.20. The van der Waals surface area contributed by atoms with Crippen molar-refractivity contribution in [3.05, 3.63) is 45.7 Å². The molecule has 1 fully saturated rings. The molecule has 5 rings (SSSR count). The van der Waals surface area contributed by atoms with Gasteiger partial charge in [-0.3, -0.25) is 4.79 Å². The van der Waals surface area contributed by atoms with Crippen LogP contribution >= 0.6 is 11.3 Å². The van der Waals surface area contributed by atoms with Crippen molar-refractivity contribution < 1.29 is 18.0 Å². The number of fused-ring (bicyclic) bond motifs is 3. The molecule has 2 aliphatic rings. The summed E-state index contributed by atoms with van der Waals surface area (Å²) in [4.78, 5) is 23.2. The summed E-state index contributed by atoms with van der Waals surface area (Å²) >= 11 is 0.659. The van der Waals surface area contributed by atoms with Crippen LogP contribution in [0.15, 0.2) is 24.5 Å². The highest BCUT2D eigenvalue weighted by molar-refractivity contribution is 7.11. The molecule has 31 heavy (non-hydrogen) atoms. The van der Waals surface area contributed by atoms with Crippen molar-refractivity contribution in [3.8, 4) is 0 Å². The molecular weight excluding hydrogens is 425 g/mol. The van der Waals surface area contributed by atoms with Crippen molar-refractivity contribution in [2.45, 2.75) is 57.8 Å². The predicted molar refractivity (Wildman–Crippen MR) is 112 cm³/mol. The minimum Gasteiger partial charge on any atom is -0.337 e. The van der Waals surface area contributed by atoms with Crippen LogP contribution in [0.1, 0.15) is 53.2 Å². The molecule has 1 amide bonds. The lowest BCUT2D eigenvalue weighted by Crippen LogP contribution is -2.36. The minimum atomic E-state index is -4.44. The number of pyridine rings is 1. The van der Waals surface area contributed by atoms with E-state index in [9.17, 15) is 18.0 Å². The van der Waals surface area contributed by atoms with Gasteiger partial charge in [0.05, 0.1) is 13.1 Å². The SMILES string of the molecule is O=C(CCCC1CC1)N1CCc2c(n(Cc3cnc(C(F)(F)F)s3)c3ncccc23)C1. The zero-order chi connectivity index (χ0) is 21.6. The molecule has 1 aliphatic carbocycles. The van der Waals surface area contributed by atoms with Crippen molar-refractivity contribution in [1.82, 2.24) is 19.4 Å². The molecule has 3 aromatic rings. The van der Waals surface area contributed by atoms with Crippen LogP contribution in [-0.4, -0.2) is 31.9 Å². The number of carbonyl (C=O) groups excluding carboxylic acids is 1. The van der Waals surface area contributed by atoms with E-state index in [2.05, 4.69) is 9.97 Å². The second-order valence-corrected chi connectivity index (χ2v) is 9.53. The molecule has 5 nitrogen and oxygen atoms in total. The van der Waals surface area contributed by atoms with Gasteiger partial charge in [0.15, 0.2) is 5.01 Å². The number of halogens is 3. The number of amides is 1. The van der Waals surface area contributed by atoms with Crippen LogP contribution in [0.5, 0.6) is 0 Å². The average molecular weight is 449 g/mol. The minimum absolute atomic E-state index is 0.160. The molecule has 0 spiro atoms. The summed E-state index contributed by atoms with van der Waals surface area (Å²) < 4.78 is 40.9. The molecule has 0 radical (unpaired) electrons. The fourth-order valence-corrected chi connectivity index (χ4v) is 5.19. The van der Waals surface area contributed by atoms with Crippen LogP contribution in [0, 0.1) is 5.92 Å². The van der Waals surface area contributed by atoms with E-state index in [1.165, 1.54) is 19.0 Å². The molecular formula is C22H23F3N4OS. The first kappa shape index (κ1) is 20.5. The maximum absolute atomic E-state index is 13.0. The molecule has 1 saturated carbocycles. The molecule has 0 unspecified atom stereocenters. The first-order chi connectivity index (χ1) is 14.9. The second-order valence-electron chi connectivity index (χ2n) is 8.42. The Labute approximate surface area is 181 Å². The van der Waals surface area contributed by atoms with Crippen LogP contribution < -0.4 is 0 Å². The van der Waals surface area contributed by atoms with Gasteiger partial charge in [0, 0.05) is 41.3 Å². The van der Waals surface area contributed by atoms with Crippen molar-refractivity contribution in [3.63, 3.8) is 0 Å². The van der Waals surface area contributed by atoms with Crippen LogP contribution in [0.2, 0.25) is 0 Å². The number of alkyl halides is 3. The van der Waals surface area contributed by atoms with Crippen molar-refractivity contribution in [2.75, 3.05) is 6.54 Å². The van der Waals surface area contributed by atoms with E-state index in [4.69, 9.17) is 0 Å². The van der Waals surface area contributed by atoms with Crippen LogP contribution in [0.3, 0.4) is 0 Å². The lowest BCUT2D eigenvalue weighted by molar-refractivity contribution is -0.137. The Morgan fingerprint density at radius 1 is 1.26 bits per heavy atom. The molecule has 9 heteroatoms. The van der Waals surface area contributed by atoms with E-state index in [0.717, 1.165) is 47.5 Å². The van der Waals surface area contributed by atoms with Crippen LogP contribution in [-0.2, 0) is 30.5 Å². The standard InChI is InChI=1S/C22H23F3N4OS/c23-22(24,25)21-27-11-15(31-21)12-29-18-13-28(19(30)5-1-3-14-6-7-14)10-8-16(18)17-4-2-9-26-20(17)29/h2,4,9,11,14H,1,3,5-8,10,12-13H2. The summed E-state index contributed by atoms with van der Waals surface area (Å²) in [5.74, 6) is 0.976. The van der Waals surface area contributed by atoms with E-state index in [0.29, 0.717) is 35.7 Å². The summed E-state index contributed by atoms with van der Waals surface area (Å²) in [6, 6.07) is 3.87. The lowest BCUT2D eigenvalue weighted by atomic mass is 10.0. The molecule has 0 atom stereocenters. The maximum Gasteiger partial charge on any atom is 0.443 e. The summed E-state index contributed by atoms with van der Waals surface area (Å²) in [6.07, 6.45) is 4.48. The fraction of sp³-hybridized carbons (Fsp3) is 0.500. The van der Waals surface area contributed by atoms with E-state index in [1.54, 1.807) is 6.20 Å². The quantitative estimate of drug-likeness (QED) is 0.532. The summed E-state index contributed by atoms with van der Waals surface area (Å²) in [7, 11) is 0. The maximum atomic E-state index is 13.0. The number of nitrogens with zero attached hydrogens (tertiary/aromatic N) is 4. The Morgan fingerprint density at radius 3 is 2.84 bits per heavy atom. The molecule has 1 aliphatic heterocycles. The normalized spacial score (nSPS) is 16.7. The third-order valence-corrected chi connectivity index (χ3v) is 7.20. The van der Waals surface area contributed by atoms with Gasteiger partial charge < -0.3 is 9.47 Å². The third-order valence-electron chi connectivity index (χ3n) is 6.18. The van der Waals surface area contributed by atoms with Crippen molar-refractivity contribution in [2.24, 2.45) is 5.92 Å². The Kier molecular flexibility index (Phi) is 5.24. The molecule has 164 valence electrons. The fourth-order valence-electron chi connectivity index (χ4n) is 4.42. The number of rotatable bonds is 6. The molecule has 0 N–H and O–H groups in total. The van der Waals surface area contributed by atoms with Gasteiger partial charge in [0.2, 0.25) is 5.91 Å².